The van der Waals surface area contributed by atoms with E-state index in [1.54, 1.807) is 18.3 Å². The van der Waals surface area contributed by atoms with Crippen molar-refractivity contribution in [1.82, 2.24) is 15.2 Å². The minimum absolute atomic E-state index is 0.0322. The monoisotopic (exact) mass is 399 g/mol. The van der Waals surface area contributed by atoms with Gasteiger partial charge in [-0.05, 0) is 68.2 Å². The van der Waals surface area contributed by atoms with Crippen molar-refractivity contribution in [3.63, 3.8) is 0 Å². The second-order valence-corrected chi connectivity index (χ2v) is 7.24. The van der Waals surface area contributed by atoms with Gasteiger partial charge in [0.2, 0.25) is 5.88 Å². The highest BCUT2D eigenvalue weighted by molar-refractivity contribution is 5.96. The van der Waals surface area contributed by atoms with Crippen molar-refractivity contribution >= 4 is 11.7 Å². The van der Waals surface area contributed by atoms with E-state index in [0.717, 1.165) is 25.9 Å². The number of carbonyl (C=O) groups is 2. The first-order chi connectivity index (χ1) is 14.1. The van der Waals surface area contributed by atoms with Gasteiger partial charge in [0.15, 0.2) is 5.78 Å². The van der Waals surface area contributed by atoms with E-state index in [1.807, 2.05) is 0 Å². The standard InChI is InChI=1S/C22H26FN3O3/c1-29-22-19(3-2-11-24-22)21(28)25-15-16-8-12-26(13-9-16)14-10-20(27)17-4-6-18(23)7-5-17/h2-7,11,16H,8-10,12-15H2,1H3,(H,25,28). The first kappa shape index (κ1) is 20.9. The van der Waals surface area contributed by atoms with Gasteiger partial charge in [0.05, 0.1) is 7.11 Å². The summed E-state index contributed by atoms with van der Waals surface area (Å²) in [5.41, 5.74) is 0.988. The number of pyridine rings is 1. The van der Waals surface area contributed by atoms with Gasteiger partial charge in [-0.1, -0.05) is 0 Å². The zero-order chi connectivity index (χ0) is 20.6. The fourth-order valence-corrected chi connectivity index (χ4v) is 3.51. The number of ketones is 1. The number of rotatable bonds is 8. The summed E-state index contributed by atoms with van der Waals surface area (Å²) in [5, 5.41) is 2.97. The topological polar surface area (TPSA) is 71.5 Å². The van der Waals surface area contributed by atoms with Gasteiger partial charge in [-0.3, -0.25) is 9.59 Å². The Bertz CT molecular complexity index is 833. The van der Waals surface area contributed by atoms with Crippen LogP contribution in [0.5, 0.6) is 5.88 Å². The van der Waals surface area contributed by atoms with Crippen LogP contribution in [0, 0.1) is 11.7 Å². The van der Waals surface area contributed by atoms with Gasteiger partial charge in [-0.25, -0.2) is 9.37 Å². The summed E-state index contributed by atoms with van der Waals surface area (Å²) in [6.07, 6.45) is 3.95. The van der Waals surface area contributed by atoms with Crippen LogP contribution in [-0.4, -0.2) is 54.9 Å². The summed E-state index contributed by atoms with van der Waals surface area (Å²) >= 11 is 0. The maximum absolute atomic E-state index is 13.0. The highest BCUT2D eigenvalue weighted by Crippen LogP contribution is 2.18. The molecule has 1 fully saturated rings. The van der Waals surface area contributed by atoms with E-state index >= 15 is 0 Å². The Balaban J connectivity index is 1.38. The molecule has 0 aliphatic carbocycles. The molecule has 29 heavy (non-hydrogen) atoms. The summed E-state index contributed by atoms with van der Waals surface area (Å²) in [6, 6.07) is 9.10. The number of nitrogens with one attached hydrogen (secondary N) is 1. The second-order valence-electron chi connectivity index (χ2n) is 7.24. The molecule has 1 saturated heterocycles. The molecule has 1 N–H and O–H groups in total. The molecule has 6 nitrogen and oxygen atoms in total. The zero-order valence-corrected chi connectivity index (χ0v) is 16.6. The average molecular weight is 399 g/mol. The molecule has 0 spiro atoms. The molecule has 2 heterocycles. The van der Waals surface area contributed by atoms with Gasteiger partial charge in [-0.15, -0.1) is 0 Å². The van der Waals surface area contributed by atoms with Crippen LogP contribution in [0.15, 0.2) is 42.6 Å². The highest BCUT2D eigenvalue weighted by atomic mass is 19.1. The van der Waals surface area contributed by atoms with Crippen LogP contribution >= 0.6 is 0 Å². The minimum atomic E-state index is -0.335. The molecule has 1 aliphatic heterocycles. The van der Waals surface area contributed by atoms with Gasteiger partial charge in [0, 0.05) is 31.3 Å². The molecular weight excluding hydrogens is 373 g/mol. The number of hydrogen-bond acceptors (Lipinski definition) is 5. The van der Waals surface area contributed by atoms with Crippen molar-refractivity contribution in [3.05, 3.63) is 59.5 Å². The number of Topliss-reactive ketones (excluding diaryl/α,β-unsaturated/α-hetero) is 1. The molecule has 1 aliphatic rings. The van der Waals surface area contributed by atoms with E-state index in [-0.39, 0.29) is 17.5 Å². The highest BCUT2D eigenvalue weighted by Gasteiger charge is 2.21. The fourth-order valence-electron chi connectivity index (χ4n) is 3.51. The summed E-state index contributed by atoms with van der Waals surface area (Å²) in [4.78, 5) is 30.9. The Morgan fingerprint density at radius 2 is 1.93 bits per heavy atom. The summed E-state index contributed by atoms with van der Waals surface area (Å²) in [7, 11) is 1.50. The van der Waals surface area contributed by atoms with E-state index in [1.165, 1.54) is 31.4 Å². The van der Waals surface area contributed by atoms with Gasteiger partial charge in [-0.2, -0.15) is 0 Å². The normalized spacial score (nSPS) is 15.1. The van der Waals surface area contributed by atoms with Gasteiger partial charge in [0.25, 0.3) is 5.91 Å². The van der Waals surface area contributed by atoms with Crippen molar-refractivity contribution in [1.29, 1.82) is 0 Å². The summed E-state index contributed by atoms with van der Waals surface area (Å²) in [6.45, 7) is 3.10. The molecule has 0 unspecified atom stereocenters. The minimum Gasteiger partial charge on any atom is -0.480 e. The van der Waals surface area contributed by atoms with E-state index < -0.39 is 0 Å². The van der Waals surface area contributed by atoms with E-state index in [0.29, 0.717) is 42.4 Å². The molecule has 0 saturated carbocycles. The lowest BCUT2D eigenvalue weighted by Gasteiger charge is -2.31. The smallest absolute Gasteiger partial charge is 0.256 e. The van der Waals surface area contributed by atoms with Crippen LogP contribution in [0.3, 0.4) is 0 Å². The van der Waals surface area contributed by atoms with E-state index in [2.05, 4.69) is 15.2 Å². The number of ether oxygens (including phenoxy) is 1. The van der Waals surface area contributed by atoms with Crippen LogP contribution in [0.25, 0.3) is 0 Å². The third-order valence-electron chi connectivity index (χ3n) is 5.29. The molecule has 0 atom stereocenters. The maximum Gasteiger partial charge on any atom is 0.256 e. The first-order valence-electron chi connectivity index (χ1n) is 9.85. The number of methoxy groups -OCH3 is 1. The molecule has 0 bridgehead atoms. The second kappa shape index (κ2) is 10.1. The van der Waals surface area contributed by atoms with Crippen molar-refractivity contribution < 1.29 is 18.7 Å². The van der Waals surface area contributed by atoms with E-state index in [9.17, 15) is 14.0 Å². The largest absolute Gasteiger partial charge is 0.480 e. The molecule has 1 aromatic heterocycles. The van der Waals surface area contributed by atoms with Crippen molar-refractivity contribution in [2.75, 3.05) is 33.3 Å². The number of amides is 1. The molecule has 154 valence electrons. The molecule has 2 aromatic rings. The van der Waals surface area contributed by atoms with Gasteiger partial charge < -0.3 is 15.0 Å². The lowest BCUT2D eigenvalue weighted by atomic mass is 9.96. The van der Waals surface area contributed by atoms with Crippen molar-refractivity contribution in [2.45, 2.75) is 19.3 Å². The average Bonchev–Trinajstić information content (AvgIpc) is 2.77. The lowest BCUT2D eigenvalue weighted by molar-refractivity contribution is 0.0914. The number of halogens is 1. The molecule has 1 aromatic carbocycles. The maximum atomic E-state index is 13.0. The fraction of sp³-hybridized carbons (Fsp3) is 0.409. The van der Waals surface area contributed by atoms with E-state index in [4.69, 9.17) is 4.74 Å². The van der Waals surface area contributed by atoms with Crippen LogP contribution in [0.2, 0.25) is 0 Å². The Morgan fingerprint density at radius 3 is 2.62 bits per heavy atom. The number of carbonyl (C=O) groups excluding carboxylic acids is 2. The Hall–Kier alpha value is -2.80. The van der Waals surface area contributed by atoms with Crippen molar-refractivity contribution in [2.24, 2.45) is 5.92 Å². The summed E-state index contributed by atoms with van der Waals surface area (Å²) in [5.74, 6) is 0.251. The van der Waals surface area contributed by atoms with Crippen LogP contribution in [0.4, 0.5) is 4.39 Å². The Kier molecular flexibility index (Phi) is 7.30. The third-order valence-corrected chi connectivity index (χ3v) is 5.29. The number of nitrogens with zero attached hydrogens (tertiary/aromatic N) is 2. The number of aromatic nitrogens is 1. The molecular formula is C22H26FN3O3. The van der Waals surface area contributed by atoms with Gasteiger partial charge >= 0.3 is 0 Å². The number of benzene rings is 1. The molecule has 7 heteroatoms. The lowest BCUT2D eigenvalue weighted by Crippen LogP contribution is -2.39. The van der Waals surface area contributed by atoms with Crippen LogP contribution in [0.1, 0.15) is 40.0 Å². The summed E-state index contributed by atoms with van der Waals surface area (Å²) < 4.78 is 18.1. The Labute approximate surface area is 170 Å². The number of piperidine rings is 1. The third kappa shape index (κ3) is 5.84. The molecule has 1 amide bonds. The SMILES string of the molecule is COc1ncccc1C(=O)NCC1CCN(CCC(=O)c2ccc(F)cc2)CC1. The predicted octanol–water partition coefficient (Wildman–Crippen LogP) is 2.94. The molecule has 3 rings (SSSR count). The first-order valence-corrected chi connectivity index (χ1v) is 9.85. The van der Waals surface area contributed by atoms with Crippen LogP contribution in [-0.2, 0) is 0 Å². The van der Waals surface area contributed by atoms with Crippen molar-refractivity contribution in [3.8, 4) is 5.88 Å². The number of likely N-dealkylation sites (tertiary alicyclic amines) is 1. The Morgan fingerprint density at radius 1 is 1.21 bits per heavy atom. The zero-order valence-electron chi connectivity index (χ0n) is 16.6. The number of hydrogen-bond donors (Lipinski definition) is 1. The predicted molar refractivity (Wildman–Crippen MR) is 108 cm³/mol. The van der Waals surface area contributed by atoms with Crippen LogP contribution < -0.4 is 10.1 Å². The van der Waals surface area contributed by atoms with Gasteiger partial charge in [0.1, 0.15) is 11.4 Å². The quantitative estimate of drug-likeness (QED) is 0.691. The molecule has 0 radical (unpaired) electrons.